The van der Waals surface area contributed by atoms with Gasteiger partial charge in [-0.25, -0.2) is 4.98 Å². The summed E-state index contributed by atoms with van der Waals surface area (Å²) in [6, 6.07) is 10.7. The molecule has 0 saturated heterocycles. The number of ether oxygens (including phenoxy) is 1. The number of esters is 1. The van der Waals surface area contributed by atoms with Crippen molar-refractivity contribution in [3.63, 3.8) is 0 Å². The summed E-state index contributed by atoms with van der Waals surface area (Å²) in [6.45, 7) is 3.80. The molecule has 0 radical (unpaired) electrons. The summed E-state index contributed by atoms with van der Waals surface area (Å²) in [5.74, 6) is -0.349. The first-order valence-corrected chi connectivity index (χ1v) is 7.44. The molecule has 0 aliphatic heterocycles. The molecule has 2 rings (SSSR count). The van der Waals surface area contributed by atoms with E-state index in [1.54, 1.807) is 13.8 Å². The van der Waals surface area contributed by atoms with Gasteiger partial charge in [0.2, 0.25) is 0 Å². The fourth-order valence-corrected chi connectivity index (χ4v) is 2.85. The van der Waals surface area contributed by atoms with Crippen molar-refractivity contribution in [2.24, 2.45) is 0 Å². The molecule has 1 N–H and O–H groups in total. The van der Waals surface area contributed by atoms with Crippen molar-refractivity contribution in [3.8, 4) is 0 Å². The molecule has 5 nitrogen and oxygen atoms in total. The molecule has 0 amide bonds. The number of rotatable bonds is 5. The van der Waals surface area contributed by atoms with Crippen molar-refractivity contribution in [2.45, 2.75) is 24.3 Å². The first-order valence-electron chi connectivity index (χ1n) is 6.56. The maximum atomic E-state index is 12.2. The number of carbonyl (C=O) groups excluding carboxylic acids is 1. The fourth-order valence-electron chi connectivity index (χ4n) is 1.82. The molecule has 0 bridgehead atoms. The zero-order chi connectivity index (χ0) is 15.2. The number of aromatic amines is 1. The zero-order valence-electron chi connectivity index (χ0n) is 11.8. The van der Waals surface area contributed by atoms with Crippen LogP contribution in [0.5, 0.6) is 0 Å². The van der Waals surface area contributed by atoms with E-state index in [1.807, 2.05) is 30.3 Å². The van der Waals surface area contributed by atoms with Crippen molar-refractivity contribution in [3.05, 3.63) is 58.0 Å². The zero-order valence-corrected chi connectivity index (χ0v) is 12.6. The molecular weight excluding hydrogens is 288 g/mol. The van der Waals surface area contributed by atoms with Gasteiger partial charge in [-0.15, -0.1) is 0 Å². The molecule has 21 heavy (non-hydrogen) atoms. The summed E-state index contributed by atoms with van der Waals surface area (Å²) in [6.07, 6.45) is 0. The SMILES string of the molecule is CCOC(=O)[C@@H](Sc1nc(C)cc(=O)[nH]1)c1ccccc1. The van der Waals surface area contributed by atoms with Gasteiger partial charge >= 0.3 is 5.97 Å². The normalized spacial score (nSPS) is 11.9. The summed E-state index contributed by atoms with van der Waals surface area (Å²) >= 11 is 1.18. The van der Waals surface area contributed by atoms with E-state index >= 15 is 0 Å². The van der Waals surface area contributed by atoms with Crippen LogP contribution < -0.4 is 5.56 Å². The Balaban J connectivity index is 2.32. The van der Waals surface area contributed by atoms with E-state index in [0.717, 1.165) is 5.56 Å². The second-order valence-electron chi connectivity index (χ2n) is 4.35. The number of benzene rings is 1. The van der Waals surface area contributed by atoms with Gasteiger partial charge in [0.15, 0.2) is 5.16 Å². The topological polar surface area (TPSA) is 72.0 Å². The molecule has 0 spiro atoms. The Bertz CT molecular complexity index is 670. The third kappa shape index (κ3) is 4.19. The van der Waals surface area contributed by atoms with Crippen LogP contribution in [0.15, 0.2) is 46.3 Å². The number of aromatic nitrogens is 2. The maximum Gasteiger partial charge on any atom is 0.324 e. The highest BCUT2D eigenvalue weighted by Gasteiger charge is 2.24. The lowest BCUT2D eigenvalue weighted by Crippen LogP contribution is -2.15. The van der Waals surface area contributed by atoms with E-state index in [-0.39, 0.29) is 11.5 Å². The summed E-state index contributed by atoms with van der Waals surface area (Å²) < 4.78 is 5.11. The number of nitrogens with one attached hydrogen (secondary N) is 1. The quantitative estimate of drug-likeness (QED) is 0.522. The molecule has 0 saturated carbocycles. The van der Waals surface area contributed by atoms with E-state index in [2.05, 4.69) is 9.97 Å². The number of nitrogens with zero attached hydrogens (tertiary/aromatic N) is 1. The summed E-state index contributed by atoms with van der Waals surface area (Å²) in [5, 5.41) is -0.155. The molecule has 1 heterocycles. The monoisotopic (exact) mass is 304 g/mol. The van der Waals surface area contributed by atoms with Gasteiger partial charge in [-0.2, -0.15) is 0 Å². The molecule has 0 aliphatic rings. The number of hydrogen-bond donors (Lipinski definition) is 1. The van der Waals surface area contributed by atoms with Crippen LogP contribution in [-0.2, 0) is 9.53 Å². The van der Waals surface area contributed by atoms with Crippen LogP contribution in [-0.4, -0.2) is 22.5 Å². The second-order valence-corrected chi connectivity index (χ2v) is 5.45. The van der Waals surface area contributed by atoms with E-state index < -0.39 is 5.25 Å². The minimum absolute atomic E-state index is 0.235. The van der Waals surface area contributed by atoms with Gasteiger partial charge in [-0.05, 0) is 19.4 Å². The third-order valence-electron chi connectivity index (χ3n) is 2.68. The van der Waals surface area contributed by atoms with Crippen molar-refractivity contribution in [1.82, 2.24) is 9.97 Å². The molecule has 0 fully saturated rings. The smallest absolute Gasteiger partial charge is 0.324 e. The Labute approximate surface area is 126 Å². The summed E-state index contributed by atoms with van der Waals surface area (Å²) in [4.78, 5) is 30.5. The Hall–Kier alpha value is -2.08. The molecule has 1 aromatic heterocycles. The third-order valence-corrected chi connectivity index (χ3v) is 3.80. The maximum absolute atomic E-state index is 12.2. The van der Waals surface area contributed by atoms with Crippen molar-refractivity contribution in [2.75, 3.05) is 6.61 Å². The van der Waals surface area contributed by atoms with Crippen LogP contribution >= 0.6 is 11.8 Å². The summed E-state index contributed by atoms with van der Waals surface area (Å²) in [5.41, 5.74) is 1.18. The van der Waals surface area contributed by atoms with Crippen LogP contribution in [0.3, 0.4) is 0 Å². The second kappa shape index (κ2) is 7.08. The number of H-pyrrole nitrogens is 1. The van der Waals surface area contributed by atoms with Gasteiger partial charge in [0.1, 0.15) is 5.25 Å². The fraction of sp³-hybridized carbons (Fsp3) is 0.267. The van der Waals surface area contributed by atoms with Gasteiger partial charge in [0.05, 0.1) is 6.61 Å². The van der Waals surface area contributed by atoms with Crippen LogP contribution in [0, 0.1) is 6.92 Å². The largest absolute Gasteiger partial charge is 0.465 e. The average Bonchev–Trinajstić information content (AvgIpc) is 2.45. The predicted molar refractivity (Wildman–Crippen MR) is 81.3 cm³/mol. The lowest BCUT2D eigenvalue weighted by atomic mass is 10.1. The van der Waals surface area contributed by atoms with Crippen molar-refractivity contribution in [1.29, 1.82) is 0 Å². The number of aryl methyl sites for hydroxylation is 1. The van der Waals surface area contributed by atoms with Crippen LogP contribution in [0.4, 0.5) is 0 Å². The highest BCUT2D eigenvalue weighted by Crippen LogP contribution is 2.33. The molecule has 1 aromatic carbocycles. The average molecular weight is 304 g/mol. The molecule has 0 unspecified atom stereocenters. The number of thioether (sulfide) groups is 1. The first-order chi connectivity index (χ1) is 10.1. The molecule has 6 heteroatoms. The van der Waals surface area contributed by atoms with E-state index in [9.17, 15) is 9.59 Å². The minimum atomic E-state index is -0.559. The Kier molecular flexibility index (Phi) is 5.16. The number of hydrogen-bond acceptors (Lipinski definition) is 5. The van der Waals surface area contributed by atoms with Gasteiger partial charge in [0.25, 0.3) is 5.56 Å². The van der Waals surface area contributed by atoms with Crippen molar-refractivity contribution < 1.29 is 9.53 Å². The van der Waals surface area contributed by atoms with Gasteiger partial charge in [-0.1, -0.05) is 42.1 Å². The van der Waals surface area contributed by atoms with E-state index in [1.165, 1.54) is 17.8 Å². The Morgan fingerprint density at radius 1 is 1.38 bits per heavy atom. The molecule has 0 aliphatic carbocycles. The van der Waals surface area contributed by atoms with Gasteiger partial charge in [-0.3, -0.25) is 9.59 Å². The molecule has 2 aromatic rings. The Morgan fingerprint density at radius 2 is 2.10 bits per heavy atom. The van der Waals surface area contributed by atoms with Crippen LogP contribution in [0.1, 0.15) is 23.4 Å². The minimum Gasteiger partial charge on any atom is -0.465 e. The highest BCUT2D eigenvalue weighted by atomic mass is 32.2. The molecule has 1 atom stereocenters. The lowest BCUT2D eigenvalue weighted by molar-refractivity contribution is -0.142. The molecular formula is C15H16N2O3S. The van der Waals surface area contributed by atoms with Crippen molar-refractivity contribution >= 4 is 17.7 Å². The van der Waals surface area contributed by atoms with Crippen LogP contribution in [0.25, 0.3) is 0 Å². The lowest BCUT2D eigenvalue weighted by Gasteiger charge is -2.15. The number of carbonyl (C=O) groups is 1. The van der Waals surface area contributed by atoms with Gasteiger partial charge in [0, 0.05) is 11.8 Å². The Morgan fingerprint density at radius 3 is 2.71 bits per heavy atom. The standard InChI is InChI=1S/C15H16N2O3S/c1-3-20-14(19)13(11-7-5-4-6-8-11)21-15-16-10(2)9-12(18)17-15/h4-9,13H,3H2,1-2H3,(H,16,17,18)/t13-/m0/s1. The van der Waals surface area contributed by atoms with Crippen LogP contribution in [0.2, 0.25) is 0 Å². The van der Waals surface area contributed by atoms with Gasteiger partial charge < -0.3 is 9.72 Å². The highest BCUT2D eigenvalue weighted by molar-refractivity contribution is 8.00. The van der Waals surface area contributed by atoms with E-state index in [4.69, 9.17) is 4.74 Å². The summed E-state index contributed by atoms with van der Waals surface area (Å²) in [7, 11) is 0. The molecule has 110 valence electrons. The first kappa shape index (κ1) is 15.3. The van der Waals surface area contributed by atoms with E-state index in [0.29, 0.717) is 17.5 Å². The predicted octanol–water partition coefficient (Wildman–Crippen LogP) is 2.47.